The van der Waals surface area contributed by atoms with Crippen molar-refractivity contribution in [3.05, 3.63) is 29.3 Å². The van der Waals surface area contributed by atoms with Crippen LogP contribution in [0.15, 0.2) is 18.2 Å². The van der Waals surface area contributed by atoms with Gasteiger partial charge in [-0.1, -0.05) is 32.4 Å². The number of carbonyl (C=O) groups is 1. The normalized spacial score (nSPS) is 18.8. The topological polar surface area (TPSA) is 26.3 Å². The Morgan fingerprint density at radius 3 is 2.80 bits per heavy atom. The maximum absolute atomic E-state index is 11.9. The van der Waals surface area contributed by atoms with Gasteiger partial charge in [0.25, 0.3) is 0 Å². The maximum Gasteiger partial charge on any atom is 0.207 e. The van der Waals surface area contributed by atoms with Crippen LogP contribution in [0.3, 0.4) is 0 Å². The van der Waals surface area contributed by atoms with Crippen LogP contribution in [0.25, 0.3) is 0 Å². The summed E-state index contributed by atoms with van der Waals surface area (Å²) in [6.45, 7) is 4.15. The van der Waals surface area contributed by atoms with Gasteiger partial charge in [-0.25, -0.2) is 0 Å². The third kappa shape index (κ3) is 1.65. The van der Waals surface area contributed by atoms with Gasteiger partial charge in [-0.3, -0.25) is 4.79 Å². The van der Waals surface area contributed by atoms with Gasteiger partial charge in [-0.15, -0.1) is 0 Å². The molecule has 2 rings (SSSR count). The number of benzene rings is 1. The molecule has 2 heteroatoms. The summed E-state index contributed by atoms with van der Waals surface area (Å²) in [6.07, 6.45) is 2.47. The van der Waals surface area contributed by atoms with Gasteiger partial charge in [-0.2, -0.15) is 0 Å². The zero-order valence-electron chi connectivity index (χ0n) is 9.25. The molecule has 1 heterocycles. The van der Waals surface area contributed by atoms with Gasteiger partial charge in [-0.05, 0) is 24.5 Å². The first kappa shape index (κ1) is 10.2. The number of Topliss-reactive ketones (excluding diaryl/α,β-unsaturated/α-hetero) is 1. The number of hydrogen-bond donors (Lipinski definition) is 0. The standard InChI is InChI=1S/C13H16O2/c1-3-6-11-12(14)10-8-5-7-9(4-2)13(10)15-11/h5,7-8,11H,3-4,6H2,1-2H3. The molecule has 0 amide bonds. The fourth-order valence-electron chi connectivity index (χ4n) is 2.02. The summed E-state index contributed by atoms with van der Waals surface area (Å²) in [6, 6.07) is 5.83. The highest BCUT2D eigenvalue weighted by Gasteiger charge is 2.32. The van der Waals surface area contributed by atoms with Gasteiger partial charge in [0.2, 0.25) is 5.78 Å². The summed E-state index contributed by atoms with van der Waals surface area (Å²) in [4.78, 5) is 11.9. The van der Waals surface area contributed by atoms with Crippen LogP contribution in [0, 0.1) is 0 Å². The van der Waals surface area contributed by atoms with E-state index in [4.69, 9.17) is 4.74 Å². The molecule has 80 valence electrons. The number of hydrogen-bond acceptors (Lipinski definition) is 2. The van der Waals surface area contributed by atoms with Crippen molar-refractivity contribution in [2.75, 3.05) is 0 Å². The SMILES string of the molecule is CCCC1Oc2c(CC)cccc2C1=O. The number of ether oxygens (including phenoxy) is 1. The Labute approximate surface area is 90.3 Å². The summed E-state index contributed by atoms with van der Waals surface area (Å²) in [5.41, 5.74) is 1.91. The first-order valence-electron chi connectivity index (χ1n) is 5.60. The smallest absolute Gasteiger partial charge is 0.207 e. The lowest BCUT2D eigenvalue weighted by Crippen LogP contribution is -2.19. The van der Waals surface area contributed by atoms with E-state index in [0.29, 0.717) is 0 Å². The molecule has 1 aliphatic heterocycles. The molecule has 0 fully saturated rings. The number of aryl methyl sites for hydroxylation is 1. The molecule has 0 spiro atoms. The van der Waals surface area contributed by atoms with E-state index in [1.54, 1.807) is 0 Å². The van der Waals surface area contributed by atoms with Crippen LogP contribution in [0.2, 0.25) is 0 Å². The predicted octanol–water partition coefficient (Wildman–Crippen LogP) is 2.99. The number of carbonyl (C=O) groups excluding carboxylic acids is 1. The molecule has 0 aliphatic carbocycles. The molecular weight excluding hydrogens is 188 g/mol. The molecule has 1 aromatic rings. The lowest BCUT2D eigenvalue weighted by molar-refractivity contribution is 0.0844. The third-order valence-electron chi connectivity index (χ3n) is 2.85. The molecule has 1 aliphatic rings. The van der Waals surface area contributed by atoms with Crippen molar-refractivity contribution in [3.63, 3.8) is 0 Å². The molecule has 1 aromatic carbocycles. The minimum Gasteiger partial charge on any atom is -0.481 e. The second-order valence-electron chi connectivity index (χ2n) is 3.91. The average molecular weight is 204 g/mol. The van der Waals surface area contributed by atoms with Gasteiger partial charge in [0.1, 0.15) is 5.75 Å². The summed E-state index contributed by atoms with van der Waals surface area (Å²) in [5.74, 6) is 0.977. The molecular formula is C13H16O2. The Morgan fingerprint density at radius 1 is 1.33 bits per heavy atom. The molecule has 15 heavy (non-hydrogen) atoms. The lowest BCUT2D eigenvalue weighted by atomic mass is 10.0. The second kappa shape index (κ2) is 4.05. The molecule has 0 radical (unpaired) electrons. The van der Waals surface area contributed by atoms with E-state index < -0.39 is 0 Å². The molecule has 0 aromatic heterocycles. The van der Waals surface area contributed by atoms with Crippen molar-refractivity contribution >= 4 is 5.78 Å². The minimum absolute atomic E-state index is 0.155. The van der Waals surface area contributed by atoms with Crippen molar-refractivity contribution in [1.29, 1.82) is 0 Å². The van der Waals surface area contributed by atoms with E-state index >= 15 is 0 Å². The Balaban J connectivity index is 2.35. The first-order valence-corrected chi connectivity index (χ1v) is 5.60. The van der Waals surface area contributed by atoms with Crippen molar-refractivity contribution in [2.45, 2.75) is 39.2 Å². The van der Waals surface area contributed by atoms with Gasteiger partial charge >= 0.3 is 0 Å². The predicted molar refractivity (Wildman–Crippen MR) is 59.5 cm³/mol. The highest BCUT2D eigenvalue weighted by Crippen LogP contribution is 2.34. The molecule has 1 atom stereocenters. The van der Waals surface area contributed by atoms with Crippen LogP contribution < -0.4 is 4.74 Å². The fourth-order valence-corrected chi connectivity index (χ4v) is 2.02. The summed E-state index contributed by atoms with van der Waals surface area (Å²) >= 11 is 0. The van der Waals surface area contributed by atoms with E-state index in [1.807, 2.05) is 18.2 Å². The highest BCUT2D eigenvalue weighted by molar-refractivity contribution is 6.04. The van der Waals surface area contributed by atoms with E-state index in [0.717, 1.165) is 36.1 Å². The third-order valence-corrected chi connectivity index (χ3v) is 2.85. The second-order valence-corrected chi connectivity index (χ2v) is 3.91. The van der Waals surface area contributed by atoms with Crippen molar-refractivity contribution in [1.82, 2.24) is 0 Å². The first-order chi connectivity index (χ1) is 7.27. The number of fused-ring (bicyclic) bond motifs is 1. The van der Waals surface area contributed by atoms with Crippen LogP contribution in [0.1, 0.15) is 42.6 Å². The average Bonchev–Trinajstić information content (AvgIpc) is 2.57. The van der Waals surface area contributed by atoms with Crippen LogP contribution in [0.5, 0.6) is 5.75 Å². The number of para-hydroxylation sites is 1. The quantitative estimate of drug-likeness (QED) is 0.756. The maximum atomic E-state index is 11.9. The zero-order chi connectivity index (χ0) is 10.8. The zero-order valence-corrected chi connectivity index (χ0v) is 9.25. The van der Waals surface area contributed by atoms with E-state index in [1.165, 1.54) is 0 Å². The van der Waals surface area contributed by atoms with E-state index in [9.17, 15) is 4.79 Å². The van der Waals surface area contributed by atoms with Crippen LogP contribution in [0.4, 0.5) is 0 Å². The Hall–Kier alpha value is -1.31. The van der Waals surface area contributed by atoms with Crippen LogP contribution >= 0.6 is 0 Å². The van der Waals surface area contributed by atoms with Gasteiger partial charge in [0, 0.05) is 0 Å². The van der Waals surface area contributed by atoms with Gasteiger partial charge in [0.05, 0.1) is 5.56 Å². The van der Waals surface area contributed by atoms with Crippen LogP contribution in [-0.2, 0) is 6.42 Å². The van der Waals surface area contributed by atoms with Crippen LogP contribution in [-0.4, -0.2) is 11.9 Å². The van der Waals surface area contributed by atoms with Gasteiger partial charge in [0.15, 0.2) is 6.10 Å². The summed E-state index contributed by atoms with van der Waals surface area (Å²) in [7, 11) is 0. The Bertz CT molecular complexity index is 382. The lowest BCUT2D eigenvalue weighted by Gasteiger charge is -2.08. The largest absolute Gasteiger partial charge is 0.481 e. The molecule has 0 N–H and O–H groups in total. The highest BCUT2D eigenvalue weighted by atomic mass is 16.5. The van der Waals surface area contributed by atoms with Crippen molar-refractivity contribution in [3.8, 4) is 5.75 Å². The molecule has 1 unspecified atom stereocenters. The molecule has 0 bridgehead atoms. The van der Waals surface area contributed by atoms with Crippen molar-refractivity contribution < 1.29 is 9.53 Å². The molecule has 0 saturated heterocycles. The number of rotatable bonds is 3. The fraction of sp³-hybridized carbons (Fsp3) is 0.462. The summed E-state index contributed by atoms with van der Waals surface area (Å²) < 4.78 is 5.73. The number of ketones is 1. The minimum atomic E-state index is -0.238. The summed E-state index contributed by atoms with van der Waals surface area (Å²) in [5, 5.41) is 0. The van der Waals surface area contributed by atoms with E-state index in [2.05, 4.69) is 13.8 Å². The Morgan fingerprint density at radius 2 is 2.13 bits per heavy atom. The van der Waals surface area contributed by atoms with E-state index in [-0.39, 0.29) is 11.9 Å². The molecule has 0 saturated carbocycles. The Kier molecular flexibility index (Phi) is 2.76. The van der Waals surface area contributed by atoms with Crippen molar-refractivity contribution in [2.24, 2.45) is 0 Å². The van der Waals surface area contributed by atoms with Gasteiger partial charge < -0.3 is 4.74 Å². The monoisotopic (exact) mass is 204 g/mol. The molecule has 2 nitrogen and oxygen atoms in total.